The van der Waals surface area contributed by atoms with Gasteiger partial charge in [-0.25, -0.2) is 8.42 Å². The Morgan fingerprint density at radius 2 is 1.80 bits per heavy atom. The van der Waals surface area contributed by atoms with Crippen LogP contribution in [0, 0.1) is 24.0 Å². The number of hydrogen-bond donors (Lipinski definition) is 1. The van der Waals surface area contributed by atoms with Crippen LogP contribution < -0.4 is 10.0 Å². The number of carbonyl (C=O) groups excluding carboxylic acids is 1. The molecular formula is C16H17N3O5S. The Bertz CT molecular complexity index is 970. The van der Waals surface area contributed by atoms with E-state index in [1.165, 1.54) is 25.2 Å². The maximum atomic E-state index is 13.0. The van der Waals surface area contributed by atoms with E-state index in [9.17, 15) is 23.3 Å². The van der Waals surface area contributed by atoms with Crippen LogP contribution in [-0.4, -0.2) is 26.3 Å². The van der Waals surface area contributed by atoms with Gasteiger partial charge in [0.1, 0.15) is 0 Å². The number of non-ortho nitro benzene ring substituents is 1. The van der Waals surface area contributed by atoms with Gasteiger partial charge < -0.3 is 5.73 Å². The van der Waals surface area contributed by atoms with Crippen LogP contribution in [0.4, 0.5) is 11.4 Å². The molecule has 0 aliphatic carbocycles. The molecule has 0 unspecified atom stereocenters. The minimum Gasteiger partial charge on any atom is -0.366 e. The molecule has 0 aromatic heterocycles. The minimum absolute atomic E-state index is 0.0355. The number of aryl methyl sites for hydroxylation is 1. The summed E-state index contributed by atoms with van der Waals surface area (Å²) in [5.74, 6) is -0.774. The summed E-state index contributed by atoms with van der Waals surface area (Å²) in [7, 11) is -2.87. The summed E-state index contributed by atoms with van der Waals surface area (Å²) in [5.41, 5.74) is 5.99. The molecule has 0 saturated heterocycles. The molecule has 2 N–H and O–H groups in total. The third-order valence-corrected chi connectivity index (χ3v) is 5.86. The maximum Gasteiger partial charge on any atom is 0.271 e. The van der Waals surface area contributed by atoms with E-state index in [0.717, 1.165) is 10.4 Å². The summed E-state index contributed by atoms with van der Waals surface area (Å²) in [6, 6.07) is 8.31. The van der Waals surface area contributed by atoms with Crippen LogP contribution in [0.5, 0.6) is 0 Å². The van der Waals surface area contributed by atoms with Crippen LogP contribution in [0.15, 0.2) is 41.3 Å². The highest BCUT2D eigenvalue weighted by Gasteiger charge is 2.28. The molecule has 1 amide bonds. The monoisotopic (exact) mass is 363 g/mol. The molecule has 2 aromatic rings. The van der Waals surface area contributed by atoms with E-state index in [1.807, 2.05) is 0 Å². The number of benzene rings is 2. The molecule has 0 atom stereocenters. The fraction of sp³-hybridized carbons (Fsp3) is 0.188. The first kappa shape index (κ1) is 18.4. The lowest BCUT2D eigenvalue weighted by Gasteiger charge is -2.22. The molecule has 9 heteroatoms. The first-order chi connectivity index (χ1) is 11.6. The number of primary amides is 1. The largest absolute Gasteiger partial charge is 0.366 e. The Labute approximate surface area is 145 Å². The van der Waals surface area contributed by atoms with E-state index in [0.29, 0.717) is 11.1 Å². The predicted octanol–water partition coefficient (Wildman–Crippen LogP) is 2.14. The molecule has 8 nitrogen and oxygen atoms in total. The number of nitro benzene ring substituents is 1. The van der Waals surface area contributed by atoms with E-state index < -0.39 is 20.9 Å². The zero-order valence-electron chi connectivity index (χ0n) is 13.9. The van der Waals surface area contributed by atoms with Gasteiger partial charge in [0, 0.05) is 19.2 Å². The van der Waals surface area contributed by atoms with Crippen molar-refractivity contribution in [3.63, 3.8) is 0 Å². The predicted molar refractivity (Wildman–Crippen MR) is 93.1 cm³/mol. The third kappa shape index (κ3) is 3.31. The number of nitro groups is 1. The van der Waals surface area contributed by atoms with Crippen LogP contribution in [0.3, 0.4) is 0 Å². The number of rotatable bonds is 5. The Morgan fingerprint density at radius 3 is 2.36 bits per heavy atom. The van der Waals surface area contributed by atoms with Crippen LogP contribution >= 0.6 is 0 Å². The molecule has 25 heavy (non-hydrogen) atoms. The second-order valence-electron chi connectivity index (χ2n) is 5.50. The lowest BCUT2D eigenvalue weighted by molar-refractivity contribution is -0.385. The number of nitrogens with two attached hydrogens (primary N) is 1. The van der Waals surface area contributed by atoms with Crippen molar-refractivity contribution in [1.29, 1.82) is 0 Å². The van der Waals surface area contributed by atoms with Crippen molar-refractivity contribution in [1.82, 2.24) is 0 Å². The number of anilines is 1. The molecule has 0 radical (unpaired) electrons. The summed E-state index contributed by atoms with van der Waals surface area (Å²) in [5, 5.41) is 11.1. The van der Waals surface area contributed by atoms with E-state index >= 15 is 0 Å². The SMILES string of the molecule is Cc1cc([N+](=O)[O-])cc(S(=O)(=O)N(C)c2ccccc2C(N)=O)c1C. The van der Waals surface area contributed by atoms with Gasteiger partial charge in [0.05, 0.1) is 21.1 Å². The van der Waals surface area contributed by atoms with Gasteiger partial charge in [0.15, 0.2) is 0 Å². The highest BCUT2D eigenvalue weighted by atomic mass is 32.2. The molecule has 0 aliphatic heterocycles. The number of nitrogens with zero attached hydrogens (tertiary/aromatic N) is 2. The fourth-order valence-corrected chi connectivity index (χ4v) is 3.95. The van der Waals surface area contributed by atoms with Gasteiger partial charge in [-0.05, 0) is 37.1 Å². The van der Waals surface area contributed by atoms with E-state index in [1.54, 1.807) is 26.0 Å². The Kier molecular flexibility index (Phi) is 4.80. The smallest absolute Gasteiger partial charge is 0.271 e. The van der Waals surface area contributed by atoms with Crippen LogP contribution in [0.25, 0.3) is 0 Å². The van der Waals surface area contributed by atoms with Crippen molar-refractivity contribution in [2.24, 2.45) is 5.73 Å². The topological polar surface area (TPSA) is 124 Å². The van der Waals surface area contributed by atoms with Crippen LogP contribution in [0.2, 0.25) is 0 Å². The van der Waals surface area contributed by atoms with Gasteiger partial charge in [0.25, 0.3) is 21.6 Å². The molecule has 2 aromatic carbocycles. The van der Waals surface area contributed by atoms with Gasteiger partial charge in [-0.3, -0.25) is 19.2 Å². The lowest BCUT2D eigenvalue weighted by atomic mass is 10.1. The molecule has 0 heterocycles. The number of carbonyl (C=O) groups is 1. The van der Waals surface area contributed by atoms with Crippen LogP contribution in [0.1, 0.15) is 21.5 Å². The molecule has 0 saturated carbocycles. The van der Waals surface area contributed by atoms with Gasteiger partial charge in [-0.2, -0.15) is 0 Å². The molecule has 2 rings (SSSR count). The lowest BCUT2D eigenvalue weighted by Crippen LogP contribution is -2.29. The quantitative estimate of drug-likeness (QED) is 0.644. The van der Waals surface area contributed by atoms with Crippen molar-refractivity contribution in [3.05, 3.63) is 63.2 Å². The van der Waals surface area contributed by atoms with Crippen molar-refractivity contribution in [2.75, 3.05) is 11.4 Å². The zero-order chi connectivity index (χ0) is 18.9. The number of hydrogen-bond acceptors (Lipinski definition) is 5. The first-order valence-electron chi connectivity index (χ1n) is 7.20. The van der Waals surface area contributed by atoms with Gasteiger partial charge in [-0.15, -0.1) is 0 Å². The van der Waals surface area contributed by atoms with E-state index in [2.05, 4.69) is 0 Å². The Morgan fingerprint density at radius 1 is 1.20 bits per heavy atom. The van der Waals surface area contributed by atoms with Crippen LogP contribution in [-0.2, 0) is 10.0 Å². The first-order valence-corrected chi connectivity index (χ1v) is 8.64. The molecular weight excluding hydrogens is 346 g/mol. The fourth-order valence-electron chi connectivity index (χ4n) is 2.42. The normalized spacial score (nSPS) is 11.2. The number of sulfonamides is 1. The molecule has 0 bridgehead atoms. The molecule has 0 aliphatic rings. The third-order valence-electron chi connectivity index (χ3n) is 3.96. The average molecular weight is 363 g/mol. The average Bonchev–Trinajstić information content (AvgIpc) is 2.55. The standard InChI is InChI=1S/C16H17N3O5S/c1-10-8-12(19(21)22)9-15(11(10)2)25(23,24)18(3)14-7-5-4-6-13(14)16(17)20/h4-9H,1-3H3,(H2,17,20). The van der Waals surface area contributed by atoms with E-state index in [-0.39, 0.29) is 21.8 Å². The molecule has 132 valence electrons. The number of amides is 1. The van der Waals surface area contributed by atoms with Gasteiger partial charge in [-0.1, -0.05) is 12.1 Å². The Balaban J connectivity index is 2.68. The molecule has 0 fully saturated rings. The second-order valence-corrected chi connectivity index (χ2v) is 7.43. The Hall–Kier alpha value is -2.94. The minimum atomic E-state index is -4.14. The van der Waals surface area contributed by atoms with Crippen molar-refractivity contribution in [3.8, 4) is 0 Å². The van der Waals surface area contributed by atoms with Crippen molar-refractivity contribution >= 4 is 27.3 Å². The van der Waals surface area contributed by atoms with E-state index in [4.69, 9.17) is 5.73 Å². The summed E-state index contributed by atoms with van der Waals surface area (Å²) in [6.45, 7) is 3.17. The zero-order valence-corrected chi connectivity index (χ0v) is 14.7. The highest BCUT2D eigenvalue weighted by Crippen LogP contribution is 2.30. The maximum absolute atomic E-state index is 13.0. The second kappa shape index (κ2) is 6.52. The van der Waals surface area contributed by atoms with Crippen molar-refractivity contribution in [2.45, 2.75) is 18.7 Å². The number of para-hydroxylation sites is 1. The summed E-state index contributed by atoms with van der Waals surface area (Å²) < 4.78 is 26.9. The highest BCUT2D eigenvalue weighted by molar-refractivity contribution is 7.92. The summed E-state index contributed by atoms with van der Waals surface area (Å²) in [4.78, 5) is 21.8. The van der Waals surface area contributed by atoms with Crippen molar-refractivity contribution < 1.29 is 18.1 Å². The molecule has 0 spiro atoms. The summed E-state index contributed by atoms with van der Waals surface area (Å²) >= 11 is 0. The van der Waals surface area contributed by atoms with Gasteiger partial charge >= 0.3 is 0 Å². The van der Waals surface area contributed by atoms with Gasteiger partial charge in [0.2, 0.25) is 0 Å². The summed E-state index contributed by atoms with van der Waals surface area (Å²) in [6.07, 6.45) is 0.